The van der Waals surface area contributed by atoms with Crippen molar-refractivity contribution in [1.29, 1.82) is 0 Å². The summed E-state index contributed by atoms with van der Waals surface area (Å²) in [6, 6.07) is 0. The summed E-state index contributed by atoms with van der Waals surface area (Å²) in [7, 11) is 0. The van der Waals surface area contributed by atoms with E-state index < -0.39 is 0 Å². The average molecular weight is 196 g/mol. The minimum atomic E-state index is -0.0649. The molecule has 0 atom stereocenters. The third-order valence-electron chi connectivity index (χ3n) is 2.46. The Hall–Kier alpha value is -0.770. The molecule has 0 bridgehead atoms. The van der Waals surface area contributed by atoms with Crippen LogP contribution in [0.2, 0.25) is 0 Å². The van der Waals surface area contributed by atoms with Crippen molar-refractivity contribution in [2.45, 2.75) is 32.6 Å². The molecular weight excluding hydrogens is 184 g/mol. The highest BCUT2D eigenvalue weighted by atomic mass is 32.1. The molecule has 4 heteroatoms. The van der Waals surface area contributed by atoms with Crippen molar-refractivity contribution < 1.29 is 4.79 Å². The van der Waals surface area contributed by atoms with E-state index in [1.807, 2.05) is 0 Å². The van der Waals surface area contributed by atoms with Crippen LogP contribution < -0.4 is 0 Å². The maximum absolute atomic E-state index is 10.7. The molecule has 1 heterocycles. The van der Waals surface area contributed by atoms with Gasteiger partial charge in [-0.2, -0.15) is 0 Å². The van der Waals surface area contributed by atoms with E-state index in [0.29, 0.717) is 0 Å². The smallest absolute Gasteiger partial charge is 0.126 e. The van der Waals surface area contributed by atoms with Crippen molar-refractivity contribution in [3.05, 3.63) is 10.0 Å². The first-order valence-electron chi connectivity index (χ1n) is 4.55. The summed E-state index contributed by atoms with van der Waals surface area (Å²) in [4.78, 5) is 10.7. The van der Waals surface area contributed by atoms with Crippen LogP contribution >= 0.6 is 11.3 Å². The minimum Gasteiger partial charge on any atom is -0.303 e. The van der Waals surface area contributed by atoms with Crippen LogP contribution in [0.3, 0.4) is 0 Å². The number of hydrogen-bond donors (Lipinski definition) is 0. The Kier molecular flexibility index (Phi) is 2.15. The molecular formula is C9H12N2OS. The van der Waals surface area contributed by atoms with Gasteiger partial charge in [-0.05, 0) is 19.3 Å². The average Bonchev–Trinajstić information content (AvgIpc) is 2.77. The number of rotatable bonds is 4. The Morgan fingerprint density at radius 1 is 1.46 bits per heavy atom. The van der Waals surface area contributed by atoms with E-state index in [1.54, 1.807) is 11.3 Å². The van der Waals surface area contributed by atoms with E-state index in [-0.39, 0.29) is 5.41 Å². The number of nitrogens with zero attached hydrogens (tertiary/aromatic N) is 2. The van der Waals surface area contributed by atoms with Crippen LogP contribution in [-0.4, -0.2) is 16.5 Å². The third-order valence-corrected chi connectivity index (χ3v) is 3.52. The Labute approximate surface area is 81.2 Å². The highest BCUT2D eigenvalue weighted by Crippen LogP contribution is 2.46. The molecule has 1 aliphatic rings. The summed E-state index contributed by atoms with van der Waals surface area (Å²) in [6.45, 7) is 2.07. The second-order valence-electron chi connectivity index (χ2n) is 3.60. The lowest BCUT2D eigenvalue weighted by Gasteiger charge is -2.00. The molecule has 1 fully saturated rings. The van der Waals surface area contributed by atoms with E-state index in [0.717, 1.165) is 42.0 Å². The van der Waals surface area contributed by atoms with E-state index in [9.17, 15) is 4.79 Å². The van der Waals surface area contributed by atoms with Crippen LogP contribution in [-0.2, 0) is 17.6 Å². The van der Waals surface area contributed by atoms with Crippen LogP contribution in [0.25, 0.3) is 0 Å². The zero-order valence-corrected chi connectivity index (χ0v) is 8.43. The van der Waals surface area contributed by atoms with Crippen LogP contribution in [0.5, 0.6) is 0 Å². The van der Waals surface area contributed by atoms with Crippen molar-refractivity contribution in [2.75, 3.05) is 0 Å². The summed E-state index contributed by atoms with van der Waals surface area (Å²) in [6.07, 6.45) is 4.87. The molecule has 0 unspecified atom stereocenters. The number of hydrogen-bond acceptors (Lipinski definition) is 4. The lowest BCUT2D eigenvalue weighted by atomic mass is 10.1. The number of aldehydes is 1. The number of aromatic nitrogens is 2. The first-order chi connectivity index (χ1) is 6.28. The van der Waals surface area contributed by atoms with Crippen molar-refractivity contribution in [3.63, 3.8) is 0 Å². The van der Waals surface area contributed by atoms with E-state index in [1.165, 1.54) is 0 Å². The molecule has 0 amide bonds. The molecule has 2 rings (SSSR count). The van der Waals surface area contributed by atoms with Gasteiger partial charge >= 0.3 is 0 Å². The monoisotopic (exact) mass is 196 g/mol. The van der Waals surface area contributed by atoms with Crippen LogP contribution in [0.15, 0.2) is 0 Å². The molecule has 70 valence electrons. The summed E-state index contributed by atoms with van der Waals surface area (Å²) in [5.74, 6) is 0. The van der Waals surface area contributed by atoms with Gasteiger partial charge in [-0.25, -0.2) is 0 Å². The molecule has 0 aromatic carbocycles. The SMILES string of the molecule is CCc1nnc(CC2(C=O)CC2)s1. The molecule has 1 aliphatic carbocycles. The summed E-state index contributed by atoms with van der Waals surface area (Å²) >= 11 is 1.63. The summed E-state index contributed by atoms with van der Waals surface area (Å²) in [5.41, 5.74) is -0.0649. The number of aryl methyl sites for hydroxylation is 1. The van der Waals surface area contributed by atoms with Gasteiger partial charge in [-0.1, -0.05) is 6.92 Å². The zero-order valence-electron chi connectivity index (χ0n) is 7.62. The normalized spacial score (nSPS) is 18.5. The maximum Gasteiger partial charge on any atom is 0.126 e. The third kappa shape index (κ3) is 1.77. The number of carbonyl (C=O) groups excluding carboxylic acids is 1. The van der Waals surface area contributed by atoms with Crippen molar-refractivity contribution in [3.8, 4) is 0 Å². The van der Waals surface area contributed by atoms with Crippen molar-refractivity contribution >= 4 is 17.6 Å². The molecule has 1 aromatic rings. The van der Waals surface area contributed by atoms with Crippen molar-refractivity contribution in [1.82, 2.24) is 10.2 Å². The molecule has 0 radical (unpaired) electrons. The summed E-state index contributed by atoms with van der Waals surface area (Å²) in [5, 5.41) is 10.2. The largest absolute Gasteiger partial charge is 0.303 e. The molecule has 0 aliphatic heterocycles. The molecule has 13 heavy (non-hydrogen) atoms. The predicted molar refractivity (Wildman–Crippen MR) is 50.7 cm³/mol. The molecule has 1 aromatic heterocycles. The van der Waals surface area contributed by atoms with Gasteiger partial charge in [-0.15, -0.1) is 21.5 Å². The van der Waals surface area contributed by atoms with E-state index in [4.69, 9.17) is 0 Å². The highest BCUT2D eigenvalue weighted by Gasteiger charge is 2.43. The topological polar surface area (TPSA) is 42.9 Å². The second kappa shape index (κ2) is 3.18. The molecule has 0 spiro atoms. The molecule has 0 N–H and O–H groups in total. The van der Waals surface area contributed by atoms with E-state index >= 15 is 0 Å². The maximum atomic E-state index is 10.7. The fourth-order valence-corrected chi connectivity index (χ4v) is 2.24. The van der Waals surface area contributed by atoms with Crippen molar-refractivity contribution in [2.24, 2.45) is 5.41 Å². The first-order valence-corrected chi connectivity index (χ1v) is 5.37. The zero-order chi connectivity index (χ0) is 9.31. The van der Waals surface area contributed by atoms with Gasteiger partial charge < -0.3 is 4.79 Å². The van der Waals surface area contributed by atoms with Gasteiger partial charge in [0.1, 0.15) is 16.3 Å². The fraction of sp³-hybridized carbons (Fsp3) is 0.667. The summed E-state index contributed by atoms with van der Waals surface area (Å²) < 4.78 is 0. The Bertz CT molecular complexity index is 317. The highest BCUT2D eigenvalue weighted by molar-refractivity contribution is 7.11. The lowest BCUT2D eigenvalue weighted by molar-refractivity contribution is -0.112. The van der Waals surface area contributed by atoms with Gasteiger partial charge in [0, 0.05) is 11.8 Å². The van der Waals surface area contributed by atoms with Gasteiger partial charge in [0.05, 0.1) is 0 Å². The quantitative estimate of drug-likeness (QED) is 0.687. The van der Waals surface area contributed by atoms with Crippen LogP contribution in [0, 0.1) is 5.41 Å². The van der Waals surface area contributed by atoms with Gasteiger partial charge in [0.25, 0.3) is 0 Å². The van der Waals surface area contributed by atoms with Gasteiger partial charge in [0.15, 0.2) is 0 Å². The van der Waals surface area contributed by atoms with Crippen LogP contribution in [0.4, 0.5) is 0 Å². The van der Waals surface area contributed by atoms with Gasteiger partial charge in [0.2, 0.25) is 0 Å². The minimum absolute atomic E-state index is 0.0649. The Balaban J connectivity index is 2.05. The lowest BCUT2D eigenvalue weighted by Crippen LogP contribution is -2.05. The molecule has 3 nitrogen and oxygen atoms in total. The fourth-order valence-electron chi connectivity index (χ4n) is 1.30. The Morgan fingerprint density at radius 2 is 2.15 bits per heavy atom. The molecule has 1 saturated carbocycles. The van der Waals surface area contributed by atoms with Crippen LogP contribution in [0.1, 0.15) is 29.8 Å². The number of carbonyl (C=O) groups is 1. The Morgan fingerprint density at radius 3 is 2.62 bits per heavy atom. The van der Waals surface area contributed by atoms with E-state index in [2.05, 4.69) is 17.1 Å². The standard InChI is InChI=1S/C9H12N2OS/c1-2-7-10-11-8(13-7)5-9(6-12)3-4-9/h6H,2-5H2,1H3. The predicted octanol–water partition coefficient (Wildman–Crippen LogP) is 1.62. The first kappa shape index (κ1) is 8.81. The van der Waals surface area contributed by atoms with Gasteiger partial charge in [-0.3, -0.25) is 0 Å². The second-order valence-corrected chi connectivity index (χ2v) is 4.75. The molecule has 0 saturated heterocycles.